The van der Waals surface area contributed by atoms with Gasteiger partial charge in [0.05, 0.1) is 5.71 Å². The number of fused-ring (bicyclic) bond motifs is 3. The summed E-state index contributed by atoms with van der Waals surface area (Å²) in [4.78, 5) is 12.9. The molecule has 0 saturated heterocycles. The van der Waals surface area contributed by atoms with Crippen LogP contribution in [-0.2, 0) is 6.61 Å². The first-order valence-corrected chi connectivity index (χ1v) is 12.2. The summed E-state index contributed by atoms with van der Waals surface area (Å²) < 4.78 is 6.14. The number of carbonyl (C=O) groups is 1. The number of nitrogens with zero attached hydrogens (tertiary/aromatic N) is 1. The van der Waals surface area contributed by atoms with Crippen LogP contribution in [0.2, 0.25) is 0 Å². The van der Waals surface area contributed by atoms with Gasteiger partial charge in [-0.05, 0) is 40.5 Å². The van der Waals surface area contributed by atoms with Crippen LogP contribution in [0.4, 0.5) is 0 Å². The lowest BCUT2D eigenvalue weighted by Crippen LogP contribution is -2.20. The lowest BCUT2D eigenvalue weighted by Gasteiger charge is -2.12. The number of hydrazone groups is 1. The van der Waals surface area contributed by atoms with Crippen molar-refractivity contribution in [2.45, 2.75) is 6.61 Å². The zero-order valence-electron chi connectivity index (χ0n) is 20.1. The molecule has 0 saturated carbocycles. The van der Waals surface area contributed by atoms with Crippen LogP contribution in [0.25, 0.3) is 22.3 Å². The zero-order chi connectivity index (χ0) is 25.0. The molecule has 1 amide bonds. The summed E-state index contributed by atoms with van der Waals surface area (Å²) in [7, 11) is 0. The van der Waals surface area contributed by atoms with E-state index in [0.29, 0.717) is 12.2 Å². The molecule has 1 aliphatic carbocycles. The minimum atomic E-state index is -0.253. The number of carbonyl (C=O) groups excluding carboxylic acids is 1. The van der Waals surface area contributed by atoms with Gasteiger partial charge in [-0.15, -0.1) is 0 Å². The number of ether oxygens (including phenoxy) is 1. The third-order valence-corrected chi connectivity index (χ3v) is 6.51. The lowest BCUT2D eigenvalue weighted by molar-refractivity contribution is 0.0955. The first kappa shape index (κ1) is 22.5. The van der Waals surface area contributed by atoms with Crippen molar-refractivity contribution in [3.05, 3.63) is 150 Å². The molecule has 5 aromatic rings. The van der Waals surface area contributed by atoms with Crippen LogP contribution in [-0.4, -0.2) is 11.6 Å². The second-order valence-corrected chi connectivity index (χ2v) is 8.84. The molecule has 1 aliphatic rings. The molecule has 0 spiro atoms. The van der Waals surface area contributed by atoms with Crippen LogP contribution in [0, 0.1) is 0 Å². The highest BCUT2D eigenvalue weighted by Crippen LogP contribution is 2.36. The summed E-state index contributed by atoms with van der Waals surface area (Å²) in [6.07, 6.45) is 0. The maximum absolute atomic E-state index is 12.9. The van der Waals surface area contributed by atoms with E-state index in [1.807, 2.05) is 84.9 Å². The SMILES string of the molecule is O=C(NN=C1c2ccccc2-c2ccccc21)c1ccc(COc2ccccc2-c2ccccc2)cc1. The van der Waals surface area contributed by atoms with Gasteiger partial charge in [0, 0.05) is 22.3 Å². The van der Waals surface area contributed by atoms with Gasteiger partial charge in [0.15, 0.2) is 0 Å². The molecule has 4 nitrogen and oxygen atoms in total. The Hall–Kier alpha value is -4.96. The van der Waals surface area contributed by atoms with Gasteiger partial charge in [-0.25, -0.2) is 5.43 Å². The monoisotopic (exact) mass is 480 g/mol. The largest absolute Gasteiger partial charge is 0.488 e. The van der Waals surface area contributed by atoms with E-state index in [0.717, 1.165) is 50.4 Å². The smallest absolute Gasteiger partial charge is 0.271 e. The normalized spacial score (nSPS) is 11.4. The summed E-state index contributed by atoms with van der Waals surface area (Å²) >= 11 is 0. The van der Waals surface area contributed by atoms with E-state index in [1.165, 1.54) is 0 Å². The molecule has 0 aliphatic heterocycles. The fraction of sp³-hybridized carbons (Fsp3) is 0.0303. The van der Waals surface area contributed by atoms with Crippen LogP contribution in [0.1, 0.15) is 27.0 Å². The van der Waals surface area contributed by atoms with Crippen molar-refractivity contribution >= 4 is 11.6 Å². The van der Waals surface area contributed by atoms with Crippen molar-refractivity contribution in [2.75, 3.05) is 0 Å². The maximum atomic E-state index is 12.9. The number of amides is 1. The van der Waals surface area contributed by atoms with Gasteiger partial charge in [0.25, 0.3) is 5.91 Å². The van der Waals surface area contributed by atoms with Gasteiger partial charge in [-0.1, -0.05) is 109 Å². The first-order chi connectivity index (χ1) is 18.3. The van der Waals surface area contributed by atoms with Gasteiger partial charge < -0.3 is 4.74 Å². The van der Waals surface area contributed by atoms with Crippen molar-refractivity contribution in [3.63, 3.8) is 0 Å². The Kier molecular flexibility index (Phi) is 6.05. The first-order valence-electron chi connectivity index (χ1n) is 12.2. The fourth-order valence-corrected chi connectivity index (χ4v) is 4.65. The van der Waals surface area contributed by atoms with E-state index in [1.54, 1.807) is 12.1 Å². The number of hydrogen-bond donors (Lipinski definition) is 1. The highest BCUT2D eigenvalue weighted by atomic mass is 16.5. The second kappa shape index (κ2) is 9.96. The van der Waals surface area contributed by atoms with Gasteiger partial charge in [-0.3, -0.25) is 4.79 Å². The van der Waals surface area contributed by atoms with Crippen LogP contribution < -0.4 is 10.2 Å². The van der Waals surface area contributed by atoms with Gasteiger partial charge in [-0.2, -0.15) is 5.10 Å². The third kappa shape index (κ3) is 4.53. The molecule has 0 heterocycles. The Labute approximate surface area is 215 Å². The average molecular weight is 481 g/mol. The second-order valence-electron chi connectivity index (χ2n) is 8.84. The Morgan fingerprint density at radius 2 is 1.14 bits per heavy atom. The predicted molar refractivity (Wildman–Crippen MR) is 148 cm³/mol. The maximum Gasteiger partial charge on any atom is 0.271 e. The lowest BCUT2D eigenvalue weighted by atomic mass is 10.0. The Morgan fingerprint density at radius 1 is 0.595 bits per heavy atom. The Bertz CT molecular complexity index is 1560. The summed E-state index contributed by atoms with van der Waals surface area (Å²) in [6.45, 7) is 0.404. The van der Waals surface area contributed by atoms with Crippen molar-refractivity contribution in [1.29, 1.82) is 0 Å². The molecule has 0 unspecified atom stereocenters. The number of nitrogens with one attached hydrogen (secondary N) is 1. The van der Waals surface area contributed by atoms with E-state index in [-0.39, 0.29) is 5.91 Å². The summed E-state index contributed by atoms with van der Waals surface area (Å²) in [5.41, 5.74) is 11.5. The average Bonchev–Trinajstić information content (AvgIpc) is 3.29. The molecule has 6 rings (SSSR count). The number of rotatable bonds is 6. The topological polar surface area (TPSA) is 50.7 Å². The molecule has 4 heteroatoms. The number of benzene rings is 5. The van der Waals surface area contributed by atoms with E-state index in [9.17, 15) is 4.79 Å². The molecule has 0 radical (unpaired) electrons. The van der Waals surface area contributed by atoms with Crippen molar-refractivity contribution in [3.8, 4) is 28.0 Å². The van der Waals surface area contributed by atoms with Gasteiger partial charge in [0.2, 0.25) is 0 Å². The van der Waals surface area contributed by atoms with Crippen molar-refractivity contribution in [2.24, 2.45) is 5.10 Å². The Balaban J connectivity index is 1.15. The molecule has 5 aromatic carbocycles. The molecule has 1 N–H and O–H groups in total. The van der Waals surface area contributed by atoms with Gasteiger partial charge >= 0.3 is 0 Å². The molecule has 0 atom stereocenters. The molecule has 0 bridgehead atoms. The molecule has 0 fully saturated rings. The van der Waals surface area contributed by atoms with E-state index in [2.05, 4.69) is 40.9 Å². The third-order valence-electron chi connectivity index (χ3n) is 6.51. The summed E-state index contributed by atoms with van der Waals surface area (Å²) in [5.74, 6) is 0.569. The molecular weight excluding hydrogens is 456 g/mol. The zero-order valence-corrected chi connectivity index (χ0v) is 20.1. The highest BCUT2D eigenvalue weighted by molar-refractivity contribution is 6.24. The molecular formula is C33H24N2O2. The standard InChI is InChI=1S/C33H24N2O2/c36-33(35-34-32-29-15-6-4-13-27(29)28-14-5-7-16-30(28)32)25-20-18-23(19-21-25)22-37-31-17-9-8-12-26(31)24-10-2-1-3-11-24/h1-21H,22H2,(H,35,36). The minimum absolute atomic E-state index is 0.253. The number of para-hydroxylation sites is 1. The van der Waals surface area contributed by atoms with Crippen molar-refractivity contribution < 1.29 is 9.53 Å². The van der Waals surface area contributed by atoms with E-state index >= 15 is 0 Å². The quantitative estimate of drug-likeness (QED) is 0.259. The van der Waals surface area contributed by atoms with E-state index < -0.39 is 0 Å². The van der Waals surface area contributed by atoms with Crippen LogP contribution in [0.5, 0.6) is 5.75 Å². The summed E-state index contributed by atoms with van der Waals surface area (Å²) in [5, 5.41) is 4.51. The molecule has 178 valence electrons. The van der Waals surface area contributed by atoms with Crippen molar-refractivity contribution in [1.82, 2.24) is 5.43 Å². The van der Waals surface area contributed by atoms with Gasteiger partial charge in [0.1, 0.15) is 12.4 Å². The van der Waals surface area contributed by atoms with Crippen LogP contribution in [0.15, 0.2) is 132 Å². The van der Waals surface area contributed by atoms with Crippen LogP contribution in [0.3, 0.4) is 0 Å². The summed E-state index contributed by atoms with van der Waals surface area (Å²) in [6, 6.07) is 41.8. The van der Waals surface area contributed by atoms with Crippen LogP contribution >= 0.6 is 0 Å². The Morgan fingerprint density at radius 3 is 1.78 bits per heavy atom. The predicted octanol–water partition coefficient (Wildman–Crippen LogP) is 7.10. The van der Waals surface area contributed by atoms with E-state index in [4.69, 9.17) is 4.74 Å². The highest BCUT2D eigenvalue weighted by Gasteiger charge is 2.24. The molecule has 0 aromatic heterocycles. The minimum Gasteiger partial charge on any atom is -0.488 e. The fourth-order valence-electron chi connectivity index (χ4n) is 4.65. The number of hydrogen-bond acceptors (Lipinski definition) is 3. The molecule has 37 heavy (non-hydrogen) atoms.